The van der Waals surface area contributed by atoms with Crippen molar-refractivity contribution < 1.29 is 4.74 Å². The minimum absolute atomic E-state index is 0.166. The van der Waals surface area contributed by atoms with E-state index in [1.807, 2.05) is 6.07 Å². The summed E-state index contributed by atoms with van der Waals surface area (Å²) in [4.78, 5) is 2.38. The fourth-order valence-electron chi connectivity index (χ4n) is 3.58. The summed E-state index contributed by atoms with van der Waals surface area (Å²) in [5.41, 5.74) is 3.59. The van der Waals surface area contributed by atoms with E-state index in [1.54, 1.807) is 0 Å². The standard InChI is InChI=1S/C23H25NO/c1-22(2,3)18-11-13-19(14-12-18)24-17-23(15-7-4-8-16-23)25-21-10-6-5-9-20(21)24/h4-15H,16-17H2,1-3H3. The van der Waals surface area contributed by atoms with Gasteiger partial charge in [0.15, 0.2) is 0 Å². The second kappa shape index (κ2) is 5.80. The molecule has 0 radical (unpaired) electrons. The molecular formula is C23H25NO. The molecule has 0 saturated carbocycles. The molecule has 0 fully saturated rings. The Balaban J connectivity index is 1.75. The third kappa shape index (κ3) is 2.97. The largest absolute Gasteiger partial charge is 0.479 e. The first-order valence-electron chi connectivity index (χ1n) is 8.97. The van der Waals surface area contributed by atoms with Gasteiger partial charge in [-0.1, -0.05) is 63.3 Å². The Morgan fingerprint density at radius 3 is 2.40 bits per heavy atom. The van der Waals surface area contributed by atoms with Crippen LogP contribution in [0.4, 0.5) is 11.4 Å². The molecule has 2 heteroatoms. The summed E-state index contributed by atoms with van der Waals surface area (Å²) in [6.45, 7) is 7.57. The van der Waals surface area contributed by atoms with E-state index >= 15 is 0 Å². The predicted octanol–water partition coefficient (Wildman–Crippen LogP) is 5.77. The Bertz CT molecular complexity index is 826. The minimum atomic E-state index is -0.286. The van der Waals surface area contributed by atoms with Gasteiger partial charge in [-0.15, -0.1) is 0 Å². The van der Waals surface area contributed by atoms with Crippen molar-refractivity contribution in [1.29, 1.82) is 0 Å². The van der Waals surface area contributed by atoms with Crippen LogP contribution >= 0.6 is 0 Å². The minimum Gasteiger partial charge on any atom is -0.479 e. The number of hydrogen-bond acceptors (Lipinski definition) is 2. The average molecular weight is 331 g/mol. The molecule has 1 heterocycles. The van der Waals surface area contributed by atoms with E-state index in [0.717, 1.165) is 24.4 Å². The zero-order chi connectivity index (χ0) is 17.5. The first-order valence-corrected chi connectivity index (χ1v) is 8.97. The van der Waals surface area contributed by atoms with Gasteiger partial charge in [0.2, 0.25) is 0 Å². The number of benzene rings is 2. The highest BCUT2D eigenvalue weighted by molar-refractivity contribution is 5.71. The highest BCUT2D eigenvalue weighted by atomic mass is 16.5. The van der Waals surface area contributed by atoms with Gasteiger partial charge in [-0.25, -0.2) is 0 Å². The lowest BCUT2D eigenvalue weighted by Gasteiger charge is -2.43. The first kappa shape index (κ1) is 16.0. The summed E-state index contributed by atoms with van der Waals surface area (Å²) in [5.74, 6) is 0.952. The molecule has 0 bridgehead atoms. The van der Waals surface area contributed by atoms with Gasteiger partial charge in [0.1, 0.15) is 11.4 Å². The number of anilines is 2. The Kier molecular flexibility index (Phi) is 3.72. The van der Waals surface area contributed by atoms with Crippen molar-refractivity contribution in [2.75, 3.05) is 11.4 Å². The Morgan fingerprint density at radius 1 is 0.960 bits per heavy atom. The van der Waals surface area contributed by atoms with Crippen LogP contribution < -0.4 is 9.64 Å². The fourth-order valence-corrected chi connectivity index (χ4v) is 3.58. The number of para-hydroxylation sites is 2. The van der Waals surface area contributed by atoms with Gasteiger partial charge < -0.3 is 9.64 Å². The van der Waals surface area contributed by atoms with Crippen molar-refractivity contribution in [2.45, 2.75) is 38.2 Å². The molecule has 2 aromatic carbocycles. The quantitative estimate of drug-likeness (QED) is 0.658. The number of fused-ring (bicyclic) bond motifs is 1. The Labute approximate surface area is 150 Å². The molecule has 25 heavy (non-hydrogen) atoms. The molecule has 0 aromatic heterocycles. The van der Waals surface area contributed by atoms with Crippen LogP contribution in [0, 0.1) is 0 Å². The van der Waals surface area contributed by atoms with Crippen LogP contribution in [0.5, 0.6) is 5.75 Å². The second-order valence-electron chi connectivity index (χ2n) is 8.01. The maximum Gasteiger partial charge on any atom is 0.149 e. The van der Waals surface area contributed by atoms with Crippen molar-refractivity contribution in [3.05, 3.63) is 78.4 Å². The maximum absolute atomic E-state index is 6.41. The lowest BCUT2D eigenvalue weighted by Crippen LogP contribution is -2.48. The zero-order valence-electron chi connectivity index (χ0n) is 15.2. The summed E-state index contributed by atoms with van der Waals surface area (Å²) in [5, 5.41) is 0. The van der Waals surface area contributed by atoms with Crippen molar-refractivity contribution in [3.63, 3.8) is 0 Å². The lowest BCUT2D eigenvalue weighted by molar-refractivity contribution is 0.121. The van der Waals surface area contributed by atoms with Crippen LogP contribution in [-0.2, 0) is 5.41 Å². The highest BCUT2D eigenvalue weighted by Gasteiger charge is 2.38. The Morgan fingerprint density at radius 2 is 1.72 bits per heavy atom. The molecule has 1 spiro atoms. The molecule has 1 unspecified atom stereocenters. The maximum atomic E-state index is 6.41. The molecule has 4 rings (SSSR count). The summed E-state index contributed by atoms with van der Waals surface area (Å²) in [6, 6.07) is 17.3. The molecule has 0 N–H and O–H groups in total. The molecule has 1 aliphatic heterocycles. The van der Waals surface area contributed by atoms with E-state index in [1.165, 1.54) is 11.3 Å². The molecule has 128 valence electrons. The van der Waals surface area contributed by atoms with Crippen LogP contribution in [0.3, 0.4) is 0 Å². The smallest absolute Gasteiger partial charge is 0.149 e. The molecule has 2 aliphatic rings. The normalized spacial score (nSPS) is 22.0. The lowest BCUT2D eigenvalue weighted by atomic mass is 9.87. The molecule has 1 aliphatic carbocycles. The molecule has 1 atom stereocenters. The van der Waals surface area contributed by atoms with Crippen molar-refractivity contribution >= 4 is 11.4 Å². The van der Waals surface area contributed by atoms with E-state index in [9.17, 15) is 0 Å². The van der Waals surface area contributed by atoms with Crippen LogP contribution in [0.1, 0.15) is 32.8 Å². The first-order chi connectivity index (χ1) is 12.0. The van der Waals surface area contributed by atoms with Gasteiger partial charge in [0, 0.05) is 12.1 Å². The number of hydrogen-bond donors (Lipinski definition) is 0. The third-order valence-electron chi connectivity index (χ3n) is 5.05. The van der Waals surface area contributed by atoms with Crippen LogP contribution in [0.15, 0.2) is 72.8 Å². The summed E-state index contributed by atoms with van der Waals surface area (Å²) in [6.07, 6.45) is 9.47. The number of allylic oxidation sites excluding steroid dienone is 2. The summed E-state index contributed by atoms with van der Waals surface area (Å²) >= 11 is 0. The topological polar surface area (TPSA) is 12.5 Å². The number of ether oxygens (including phenoxy) is 1. The van der Waals surface area contributed by atoms with Gasteiger partial charge in [-0.05, 0) is 41.3 Å². The van der Waals surface area contributed by atoms with Crippen molar-refractivity contribution in [1.82, 2.24) is 0 Å². The van der Waals surface area contributed by atoms with E-state index in [4.69, 9.17) is 4.74 Å². The van der Waals surface area contributed by atoms with Crippen molar-refractivity contribution in [2.24, 2.45) is 0 Å². The molecule has 2 aromatic rings. The summed E-state index contributed by atoms with van der Waals surface area (Å²) in [7, 11) is 0. The van der Waals surface area contributed by atoms with E-state index < -0.39 is 0 Å². The van der Waals surface area contributed by atoms with Gasteiger partial charge in [-0.3, -0.25) is 0 Å². The van der Waals surface area contributed by atoms with Crippen LogP contribution in [0.2, 0.25) is 0 Å². The van der Waals surface area contributed by atoms with Crippen LogP contribution in [-0.4, -0.2) is 12.1 Å². The monoisotopic (exact) mass is 331 g/mol. The average Bonchev–Trinajstić information content (AvgIpc) is 2.61. The van der Waals surface area contributed by atoms with E-state index in [2.05, 4.69) is 92.4 Å². The Hall–Kier alpha value is -2.48. The van der Waals surface area contributed by atoms with Gasteiger partial charge in [0.25, 0.3) is 0 Å². The SMILES string of the molecule is CC(C)(C)c1ccc(N2CC3(C=CC=CC3)Oc3ccccc32)cc1. The number of nitrogens with zero attached hydrogens (tertiary/aromatic N) is 1. The van der Waals surface area contributed by atoms with Gasteiger partial charge >= 0.3 is 0 Å². The van der Waals surface area contributed by atoms with E-state index in [-0.39, 0.29) is 11.0 Å². The molecule has 0 saturated heterocycles. The fraction of sp³-hybridized carbons (Fsp3) is 0.304. The molecule has 0 amide bonds. The third-order valence-corrected chi connectivity index (χ3v) is 5.05. The highest BCUT2D eigenvalue weighted by Crippen LogP contribution is 2.43. The van der Waals surface area contributed by atoms with E-state index in [0.29, 0.717) is 0 Å². The van der Waals surface area contributed by atoms with Gasteiger partial charge in [0.05, 0.1) is 12.2 Å². The number of rotatable bonds is 1. The predicted molar refractivity (Wildman–Crippen MR) is 105 cm³/mol. The second-order valence-corrected chi connectivity index (χ2v) is 8.01. The molecular weight excluding hydrogens is 306 g/mol. The molecule has 2 nitrogen and oxygen atoms in total. The van der Waals surface area contributed by atoms with Crippen LogP contribution in [0.25, 0.3) is 0 Å². The zero-order valence-corrected chi connectivity index (χ0v) is 15.2. The van der Waals surface area contributed by atoms with Gasteiger partial charge in [-0.2, -0.15) is 0 Å². The summed E-state index contributed by atoms with van der Waals surface area (Å²) < 4.78 is 6.41. The van der Waals surface area contributed by atoms with Crippen molar-refractivity contribution in [3.8, 4) is 5.75 Å².